The van der Waals surface area contributed by atoms with Gasteiger partial charge in [0.2, 0.25) is 29.5 Å². The number of benzene rings is 5. The van der Waals surface area contributed by atoms with Crippen molar-refractivity contribution >= 4 is 52.3 Å². The van der Waals surface area contributed by atoms with Gasteiger partial charge in [0, 0.05) is 55.4 Å². The second kappa shape index (κ2) is 26.9. The molecule has 1 unspecified atom stereocenters. The molecule has 0 bridgehead atoms. The molecule has 7 atom stereocenters. The summed E-state index contributed by atoms with van der Waals surface area (Å²) >= 11 is 0. The first-order valence-electron chi connectivity index (χ1n) is 26.2. The number of para-hydroxylation sites is 1. The Labute approximate surface area is 447 Å². The number of rotatable bonds is 17. The maximum absolute atomic E-state index is 15.4. The van der Waals surface area contributed by atoms with Gasteiger partial charge in [0.05, 0.1) is 12.6 Å². The number of Topliss-reactive ketones (excluding diaryl/α,β-unsaturated/α-hetero) is 1. The molecule has 0 aliphatic carbocycles. The number of nitrogens with one attached hydrogen (secondary N) is 6. The average Bonchev–Trinajstić information content (AvgIpc) is 4.08. The minimum atomic E-state index is -1.40. The number of ether oxygens (including phenoxy) is 2. The molecule has 2 aliphatic rings. The van der Waals surface area contributed by atoms with Crippen molar-refractivity contribution in [1.29, 1.82) is 0 Å². The molecule has 77 heavy (non-hydrogen) atoms. The van der Waals surface area contributed by atoms with Gasteiger partial charge < -0.3 is 57.4 Å². The van der Waals surface area contributed by atoms with E-state index in [1.807, 2.05) is 84.9 Å². The van der Waals surface area contributed by atoms with Crippen LogP contribution in [0.15, 0.2) is 146 Å². The number of H-pyrrole nitrogens is 1. The summed E-state index contributed by atoms with van der Waals surface area (Å²) in [6.45, 7) is 0.696. The maximum Gasteiger partial charge on any atom is 0.407 e. The number of carbonyl (C=O) groups is 7. The number of unbranched alkanes of at least 4 members (excludes halogenated alkanes) is 1. The van der Waals surface area contributed by atoms with Gasteiger partial charge >= 0.3 is 6.09 Å². The molecule has 0 spiro atoms. The summed E-state index contributed by atoms with van der Waals surface area (Å²) in [5, 5.41) is 15.1. The third-order valence-corrected chi connectivity index (χ3v) is 14.0. The van der Waals surface area contributed by atoms with Crippen molar-refractivity contribution in [3.05, 3.63) is 174 Å². The van der Waals surface area contributed by atoms with Gasteiger partial charge in [-0.25, -0.2) is 4.79 Å². The number of hydrogen-bond donors (Lipinski definition) is 8. The summed E-state index contributed by atoms with van der Waals surface area (Å²) in [6.07, 6.45) is 0.583. The van der Waals surface area contributed by atoms with Crippen molar-refractivity contribution in [3.63, 3.8) is 0 Å². The van der Waals surface area contributed by atoms with Gasteiger partial charge in [0.15, 0.2) is 5.78 Å². The van der Waals surface area contributed by atoms with E-state index in [9.17, 15) is 24.0 Å². The van der Waals surface area contributed by atoms with Crippen molar-refractivity contribution in [2.75, 3.05) is 26.2 Å². The fraction of sp³-hybridized carbons (Fsp3) is 0.339. The second-order valence-electron chi connectivity index (χ2n) is 19.5. The largest absolute Gasteiger partial charge is 0.489 e. The van der Waals surface area contributed by atoms with E-state index in [2.05, 4.69) is 31.6 Å². The van der Waals surface area contributed by atoms with Gasteiger partial charge in [0.1, 0.15) is 42.6 Å². The number of carbonyl (C=O) groups excluding carboxylic acids is 7. The number of nitrogens with two attached hydrogens (primary N) is 2. The summed E-state index contributed by atoms with van der Waals surface area (Å²) in [6, 6.07) is 35.5. The molecule has 10 N–H and O–H groups in total. The second-order valence-corrected chi connectivity index (χ2v) is 19.5. The third-order valence-electron chi connectivity index (χ3n) is 14.0. The maximum atomic E-state index is 15.4. The van der Waals surface area contributed by atoms with Crippen LogP contribution in [0.4, 0.5) is 4.79 Å². The number of aromatic amines is 1. The molecule has 2 saturated heterocycles. The molecule has 18 nitrogen and oxygen atoms in total. The Morgan fingerprint density at radius 2 is 1.26 bits per heavy atom. The standard InChI is InChI=1S/C59H67N9O9/c60-27-13-12-22-48-54(70)65-49(31-39-23-25-44(26-24-39)76-37-40-16-6-2-7-17-40)52(69)33-42(30-38-14-4-1-5-15-38)58(74)68-36-45(77-59(75)62-29-28-61)34-51(68)56(72)67-53(41-18-8-3-9-19-41)57(73)66-50(55(71)64-48)32-43-35-63-47-21-11-10-20-46(43)47/h1-11,14-21,23-26,35,42,45,48-51,53,63H,12-13,22,27-34,36-37,60-61H2,(H,62,75)(H,64,71)(H,65,70)(H,66,73)(H,67,72)/t42-,45?,48+,49+,50-,51+,53+/m1/s1. The number of nitrogens with zero attached hydrogens (tertiary/aromatic N) is 1. The van der Waals surface area contributed by atoms with Gasteiger partial charge in [-0.3, -0.25) is 28.8 Å². The quantitative estimate of drug-likeness (QED) is 0.0591. The molecule has 6 aromatic rings. The van der Waals surface area contributed by atoms with E-state index in [0.29, 0.717) is 48.4 Å². The van der Waals surface area contributed by atoms with Crippen LogP contribution < -0.4 is 42.8 Å². The number of ketones is 1. The highest BCUT2D eigenvalue weighted by atomic mass is 16.6. The monoisotopic (exact) mass is 1050 g/mol. The number of fused-ring (bicyclic) bond motifs is 2. The van der Waals surface area contributed by atoms with E-state index >= 15 is 9.59 Å². The molecular formula is C59H67N9O9. The summed E-state index contributed by atoms with van der Waals surface area (Å²) in [5.41, 5.74) is 15.8. The van der Waals surface area contributed by atoms with E-state index in [-0.39, 0.29) is 58.2 Å². The van der Waals surface area contributed by atoms with Crippen molar-refractivity contribution < 1.29 is 43.0 Å². The van der Waals surface area contributed by atoms with E-state index < -0.39 is 83.6 Å². The number of alkyl carbamates (subject to hydrolysis) is 1. The zero-order valence-electron chi connectivity index (χ0n) is 42.9. The van der Waals surface area contributed by atoms with Crippen LogP contribution in [0.5, 0.6) is 5.75 Å². The smallest absolute Gasteiger partial charge is 0.407 e. The van der Waals surface area contributed by atoms with E-state index in [1.54, 1.807) is 60.8 Å². The topological polar surface area (TPSA) is 269 Å². The molecule has 1 aromatic heterocycles. The molecule has 0 saturated carbocycles. The summed E-state index contributed by atoms with van der Waals surface area (Å²) in [7, 11) is 0. The van der Waals surface area contributed by atoms with Crippen LogP contribution in [0.3, 0.4) is 0 Å². The molecule has 0 radical (unpaired) electrons. The lowest BCUT2D eigenvalue weighted by molar-refractivity contribution is -0.144. The third kappa shape index (κ3) is 15.0. The predicted molar refractivity (Wildman–Crippen MR) is 290 cm³/mol. The fourth-order valence-electron chi connectivity index (χ4n) is 9.93. The van der Waals surface area contributed by atoms with Crippen molar-refractivity contribution in [1.82, 2.24) is 36.5 Å². The Balaban J connectivity index is 1.19. The van der Waals surface area contributed by atoms with Crippen molar-refractivity contribution in [3.8, 4) is 5.75 Å². The zero-order valence-corrected chi connectivity index (χ0v) is 42.9. The number of hydrogen-bond acceptors (Lipinski definition) is 11. The lowest BCUT2D eigenvalue weighted by Gasteiger charge is -2.31. The highest BCUT2D eigenvalue weighted by molar-refractivity contribution is 5.99. The Morgan fingerprint density at radius 3 is 1.97 bits per heavy atom. The van der Waals surface area contributed by atoms with Crippen molar-refractivity contribution in [2.45, 2.75) is 94.3 Å². The van der Waals surface area contributed by atoms with E-state index in [4.69, 9.17) is 20.9 Å². The molecule has 2 fully saturated rings. The molecule has 5 aromatic carbocycles. The first kappa shape index (κ1) is 54.9. The van der Waals surface area contributed by atoms with Gasteiger partial charge in [-0.1, -0.05) is 121 Å². The Kier molecular flexibility index (Phi) is 19.2. The van der Waals surface area contributed by atoms with Crippen LogP contribution in [-0.2, 0) is 59.4 Å². The summed E-state index contributed by atoms with van der Waals surface area (Å²) in [5.74, 6) is -4.38. The first-order valence-corrected chi connectivity index (χ1v) is 26.2. The Hall–Kier alpha value is -8.35. The van der Waals surface area contributed by atoms with Crippen LogP contribution in [0.2, 0.25) is 0 Å². The average molecular weight is 1050 g/mol. The first-order chi connectivity index (χ1) is 37.5. The highest BCUT2D eigenvalue weighted by Crippen LogP contribution is 2.29. The van der Waals surface area contributed by atoms with Crippen LogP contribution in [0.25, 0.3) is 10.9 Å². The molecular weight excluding hydrogens is 979 g/mol. The highest BCUT2D eigenvalue weighted by Gasteiger charge is 2.45. The zero-order chi connectivity index (χ0) is 54.1. The van der Waals surface area contributed by atoms with Gasteiger partial charge in [-0.05, 0) is 84.7 Å². The van der Waals surface area contributed by atoms with Gasteiger partial charge in [0.25, 0.3) is 0 Å². The Morgan fingerprint density at radius 1 is 0.623 bits per heavy atom. The van der Waals surface area contributed by atoms with Crippen LogP contribution in [0, 0.1) is 5.92 Å². The SMILES string of the molecule is NCCCC[C@@H]1NC(=O)[C@@H](Cc2c[nH]c3ccccc23)NC(=O)[C@H](c2ccccc2)NC(=O)[C@@H]2CC(OC(=O)NCCN)CN2C(=O)[C@H](Cc2ccccc2)CC(=O)[C@H](Cc2ccc(OCc3ccccc3)cc2)NC1=O. The summed E-state index contributed by atoms with van der Waals surface area (Å²) < 4.78 is 11.8. The normalized spacial score (nSPS) is 21.7. The van der Waals surface area contributed by atoms with E-state index in [0.717, 1.165) is 22.0 Å². The predicted octanol–water partition coefficient (Wildman–Crippen LogP) is 4.46. The summed E-state index contributed by atoms with van der Waals surface area (Å²) in [4.78, 5) is 108. The van der Waals surface area contributed by atoms with Gasteiger partial charge in [-0.2, -0.15) is 0 Å². The van der Waals surface area contributed by atoms with E-state index in [1.165, 1.54) is 4.90 Å². The molecule has 8 rings (SSSR count). The molecule has 18 heteroatoms. The van der Waals surface area contributed by atoms with Crippen LogP contribution >= 0.6 is 0 Å². The molecule has 6 amide bonds. The lowest BCUT2D eigenvalue weighted by Crippen LogP contribution is -2.58. The minimum Gasteiger partial charge on any atom is -0.489 e. The van der Waals surface area contributed by atoms with Crippen molar-refractivity contribution in [2.24, 2.45) is 17.4 Å². The molecule has 2 aliphatic heterocycles. The van der Waals surface area contributed by atoms with Crippen LogP contribution in [-0.4, -0.2) is 108 Å². The van der Waals surface area contributed by atoms with Gasteiger partial charge in [-0.15, -0.1) is 0 Å². The number of amides is 6. The molecule has 3 heterocycles. The lowest BCUT2D eigenvalue weighted by atomic mass is 9.89. The molecule has 402 valence electrons. The van der Waals surface area contributed by atoms with Crippen LogP contribution in [0.1, 0.15) is 66.0 Å². The fourth-order valence-corrected chi connectivity index (χ4v) is 9.93. The minimum absolute atomic E-state index is 0.00193. The number of aromatic nitrogens is 1. The Bertz CT molecular complexity index is 2960.